The lowest BCUT2D eigenvalue weighted by Gasteiger charge is -2.32. The molecule has 0 radical (unpaired) electrons. The molecule has 4 aromatic rings. The summed E-state index contributed by atoms with van der Waals surface area (Å²) in [7, 11) is 0. The molecule has 0 bridgehead atoms. The van der Waals surface area contributed by atoms with E-state index in [1.807, 2.05) is 53.4 Å². The number of thioether (sulfide) groups is 1. The van der Waals surface area contributed by atoms with Crippen LogP contribution in [0.15, 0.2) is 78.9 Å². The Morgan fingerprint density at radius 2 is 1.68 bits per heavy atom. The molecule has 41 heavy (non-hydrogen) atoms. The first kappa shape index (κ1) is 27.5. The minimum absolute atomic E-state index is 0.0883. The molecule has 0 aliphatic carbocycles. The number of anilines is 1. The fourth-order valence-electron chi connectivity index (χ4n) is 5.51. The van der Waals surface area contributed by atoms with Crippen molar-refractivity contribution in [2.24, 2.45) is 5.92 Å². The van der Waals surface area contributed by atoms with Gasteiger partial charge >= 0.3 is 0 Å². The lowest BCUT2D eigenvalue weighted by molar-refractivity contribution is -0.132. The van der Waals surface area contributed by atoms with Gasteiger partial charge in [-0.05, 0) is 48.6 Å². The van der Waals surface area contributed by atoms with Crippen LogP contribution in [0.2, 0.25) is 5.02 Å². The number of benzene rings is 3. The standard InChI is InChI=1S/C32H30ClFN4O2S/c1-21-15-17-36(18-16-21)27(39)19-37-28(40)20-41-31(23-11-13-24(34)14-12-23)29-30(22-7-3-2-4-8-22)35-38(32(29)37)26-10-6-5-9-25(26)33/h2-14,21,31H,15-20H2,1H3/t31-/m1/s1. The Bertz CT molecular complexity index is 1570. The van der Waals surface area contributed by atoms with E-state index in [0.29, 0.717) is 41.2 Å². The number of fused-ring (bicyclic) bond motifs is 1. The molecule has 0 spiro atoms. The van der Waals surface area contributed by atoms with E-state index in [4.69, 9.17) is 16.7 Å². The number of hydrogen-bond acceptors (Lipinski definition) is 4. The zero-order valence-electron chi connectivity index (χ0n) is 22.7. The number of rotatable bonds is 5. The van der Waals surface area contributed by atoms with Gasteiger partial charge in [0, 0.05) is 24.2 Å². The van der Waals surface area contributed by atoms with Crippen LogP contribution in [0.1, 0.15) is 36.1 Å². The average molecular weight is 589 g/mol. The Balaban J connectivity index is 1.57. The van der Waals surface area contributed by atoms with Crippen molar-refractivity contribution in [1.29, 1.82) is 0 Å². The molecule has 6 rings (SSSR count). The highest BCUT2D eigenvalue weighted by Crippen LogP contribution is 2.49. The molecule has 0 saturated carbocycles. The number of para-hydroxylation sites is 1. The van der Waals surface area contributed by atoms with E-state index in [9.17, 15) is 14.0 Å². The average Bonchev–Trinajstić information content (AvgIpc) is 3.31. The van der Waals surface area contributed by atoms with Crippen molar-refractivity contribution in [2.45, 2.75) is 25.0 Å². The Labute approximate surface area is 248 Å². The van der Waals surface area contributed by atoms with Gasteiger partial charge in [0.05, 0.1) is 27.4 Å². The number of amides is 2. The Morgan fingerprint density at radius 3 is 2.39 bits per heavy atom. The lowest BCUT2D eigenvalue weighted by Crippen LogP contribution is -2.46. The first-order valence-electron chi connectivity index (χ1n) is 13.8. The number of likely N-dealkylation sites (tertiary alicyclic amines) is 1. The van der Waals surface area contributed by atoms with Crippen LogP contribution in [0.5, 0.6) is 0 Å². The zero-order valence-corrected chi connectivity index (χ0v) is 24.2. The van der Waals surface area contributed by atoms with Crippen molar-refractivity contribution in [2.75, 3.05) is 30.3 Å². The summed E-state index contributed by atoms with van der Waals surface area (Å²) in [6.07, 6.45) is 1.90. The minimum Gasteiger partial charge on any atom is -0.341 e. The quantitative estimate of drug-likeness (QED) is 0.258. The van der Waals surface area contributed by atoms with Crippen LogP contribution < -0.4 is 4.90 Å². The van der Waals surface area contributed by atoms with Crippen molar-refractivity contribution in [3.8, 4) is 16.9 Å². The molecule has 9 heteroatoms. The molecule has 1 fully saturated rings. The third kappa shape index (κ3) is 5.51. The van der Waals surface area contributed by atoms with Gasteiger partial charge in [0.1, 0.15) is 18.2 Å². The largest absolute Gasteiger partial charge is 0.341 e. The maximum absolute atomic E-state index is 14.0. The van der Waals surface area contributed by atoms with Crippen molar-refractivity contribution in [1.82, 2.24) is 14.7 Å². The van der Waals surface area contributed by atoms with E-state index in [0.717, 1.165) is 29.5 Å². The van der Waals surface area contributed by atoms with Gasteiger partial charge in [0.25, 0.3) is 0 Å². The van der Waals surface area contributed by atoms with E-state index >= 15 is 0 Å². The molecular formula is C32H30ClFN4O2S. The van der Waals surface area contributed by atoms with Crippen LogP contribution in [0.4, 0.5) is 10.2 Å². The summed E-state index contributed by atoms with van der Waals surface area (Å²) in [6.45, 7) is 3.47. The summed E-state index contributed by atoms with van der Waals surface area (Å²) in [6, 6.07) is 23.5. The number of aromatic nitrogens is 2. The molecule has 6 nitrogen and oxygen atoms in total. The van der Waals surface area contributed by atoms with Gasteiger partial charge in [-0.25, -0.2) is 9.07 Å². The number of halogens is 2. The third-order valence-electron chi connectivity index (χ3n) is 7.82. The first-order chi connectivity index (χ1) is 19.9. The van der Waals surface area contributed by atoms with Crippen molar-refractivity contribution >= 4 is 41.0 Å². The third-order valence-corrected chi connectivity index (χ3v) is 9.39. The van der Waals surface area contributed by atoms with Crippen molar-refractivity contribution < 1.29 is 14.0 Å². The molecule has 1 aromatic heterocycles. The number of hydrogen-bond donors (Lipinski definition) is 0. The van der Waals surface area contributed by atoms with Gasteiger partial charge in [-0.15, -0.1) is 11.8 Å². The normalized spacial score (nSPS) is 17.8. The smallest absolute Gasteiger partial charge is 0.242 e. The van der Waals surface area contributed by atoms with E-state index in [-0.39, 0.29) is 35.2 Å². The highest BCUT2D eigenvalue weighted by molar-refractivity contribution is 8.00. The van der Waals surface area contributed by atoms with Crippen molar-refractivity contribution in [3.63, 3.8) is 0 Å². The topological polar surface area (TPSA) is 58.4 Å². The number of carbonyl (C=O) groups is 2. The summed E-state index contributed by atoms with van der Waals surface area (Å²) in [4.78, 5) is 31.0. The van der Waals surface area contributed by atoms with Gasteiger partial charge in [-0.1, -0.05) is 73.1 Å². The van der Waals surface area contributed by atoms with Crippen LogP contribution >= 0.6 is 23.4 Å². The highest BCUT2D eigenvalue weighted by Gasteiger charge is 2.38. The molecule has 0 unspecified atom stereocenters. The predicted octanol–water partition coefficient (Wildman–Crippen LogP) is 6.76. The summed E-state index contributed by atoms with van der Waals surface area (Å²) in [5.41, 5.74) is 3.79. The highest BCUT2D eigenvalue weighted by atomic mass is 35.5. The summed E-state index contributed by atoms with van der Waals surface area (Å²) < 4.78 is 15.7. The maximum Gasteiger partial charge on any atom is 0.242 e. The van der Waals surface area contributed by atoms with E-state index in [1.165, 1.54) is 23.9 Å². The molecule has 3 aromatic carbocycles. The monoisotopic (exact) mass is 588 g/mol. The van der Waals surface area contributed by atoms with Crippen LogP contribution in [0.3, 0.4) is 0 Å². The van der Waals surface area contributed by atoms with Crippen LogP contribution in [-0.2, 0) is 9.59 Å². The molecule has 2 aliphatic heterocycles. The molecule has 1 atom stereocenters. The SMILES string of the molecule is CC1CCN(C(=O)CN2C(=O)CS[C@H](c3ccc(F)cc3)c3c(-c4ccccc4)nn(-c4ccccc4Cl)c32)CC1. The second kappa shape index (κ2) is 11.7. The number of nitrogens with zero attached hydrogens (tertiary/aromatic N) is 4. The second-order valence-corrected chi connectivity index (χ2v) is 12.1. The second-order valence-electron chi connectivity index (χ2n) is 10.6. The Hall–Kier alpha value is -3.62. The molecule has 3 heterocycles. The van der Waals surface area contributed by atoms with Crippen LogP contribution in [-0.4, -0.2) is 51.9 Å². The molecule has 1 saturated heterocycles. The maximum atomic E-state index is 14.0. The van der Waals surface area contributed by atoms with E-state index in [2.05, 4.69) is 6.92 Å². The van der Waals surface area contributed by atoms with Gasteiger partial charge in [-0.3, -0.25) is 14.5 Å². The van der Waals surface area contributed by atoms with Crippen molar-refractivity contribution in [3.05, 3.63) is 101 Å². The fraction of sp³-hybridized carbons (Fsp3) is 0.281. The lowest BCUT2D eigenvalue weighted by atomic mass is 9.99. The van der Waals surface area contributed by atoms with Gasteiger partial charge in [0.15, 0.2) is 0 Å². The number of piperidine rings is 1. The van der Waals surface area contributed by atoms with Crippen LogP contribution in [0, 0.1) is 11.7 Å². The van der Waals surface area contributed by atoms with Gasteiger partial charge < -0.3 is 4.90 Å². The summed E-state index contributed by atoms with van der Waals surface area (Å²) in [5, 5.41) is 5.20. The summed E-state index contributed by atoms with van der Waals surface area (Å²) in [5.74, 6) is 0.634. The van der Waals surface area contributed by atoms with E-state index < -0.39 is 0 Å². The van der Waals surface area contributed by atoms with Gasteiger partial charge in [0.2, 0.25) is 11.8 Å². The summed E-state index contributed by atoms with van der Waals surface area (Å²) >= 11 is 8.16. The predicted molar refractivity (Wildman–Crippen MR) is 162 cm³/mol. The van der Waals surface area contributed by atoms with E-state index in [1.54, 1.807) is 27.8 Å². The van der Waals surface area contributed by atoms with Crippen LogP contribution in [0.25, 0.3) is 16.9 Å². The molecular weight excluding hydrogens is 559 g/mol. The fourth-order valence-corrected chi connectivity index (χ4v) is 6.93. The minimum atomic E-state index is -0.336. The Morgan fingerprint density at radius 1 is 1.00 bits per heavy atom. The number of carbonyl (C=O) groups excluding carboxylic acids is 2. The molecule has 2 aliphatic rings. The molecule has 0 N–H and O–H groups in total. The molecule has 2 amide bonds. The Kier molecular flexibility index (Phi) is 7.86. The molecule has 210 valence electrons. The first-order valence-corrected chi connectivity index (χ1v) is 15.2. The zero-order chi connectivity index (χ0) is 28.5. The van der Waals surface area contributed by atoms with Gasteiger partial charge in [-0.2, -0.15) is 5.10 Å².